The van der Waals surface area contributed by atoms with Crippen molar-refractivity contribution < 1.29 is 24.5 Å². The summed E-state index contributed by atoms with van der Waals surface area (Å²) >= 11 is 0. The summed E-state index contributed by atoms with van der Waals surface area (Å²) in [6.07, 6.45) is 3.78. The zero-order valence-corrected chi connectivity index (χ0v) is 32.7. The Morgan fingerprint density at radius 1 is 0.500 bits per heavy atom. The minimum Gasteiger partial charge on any atom is -0.501 e. The molecule has 9 rings (SSSR count). The molecule has 4 heteroatoms. The first-order valence-electron chi connectivity index (χ1n) is 17.6. The van der Waals surface area contributed by atoms with E-state index in [2.05, 4.69) is 161 Å². The van der Waals surface area contributed by atoms with Crippen LogP contribution in [0.25, 0.3) is 76.8 Å². The molecule has 0 aliphatic heterocycles. The van der Waals surface area contributed by atoms with Crippen molar-refractivity contribution in [3.05, 3.63) is 157 Å². The quantitative estimate of drug-likeness (QED) is 0.128. The Hall–Kier alpha value is -5.15. The molecule has 0 bridgehead atoms. The topological polar surface area (TPSA) is 38.9 Å². The molecule has 0 spiro atoms. The summed E-state index contributed by atoms with van der Waals surface area (Å²) < 4.78 is 6.09. The third-order valence-corrected chi connectivity index (χ3v) is 9.80. The minimum absolute atomic E-state index is 0. The Bertz CT molecular complexity index is 2690. The Kier molecular flexibility index (Phi) is 9.33. The van der Waals surface area contributed by atoms with E-state index in [1.807, 2.05) is 36.7 Å². The Labute approximate surface area is 319 Å². The van der Waals surface area contributed by atoms with Gasteiger partial charge in [-0.3, -0.25) is 0 Å². The molecular weight excluding hydrogens is 813 g/mol. The van der Waals surface area contributed by atoms with E-state index < -0.39 is 0 Å². The first-order chi connectivity index (χ1) is 24.6. The van der Waals surface area contributed by atoms with Crippen molar-refractivity contribution in [1.82, 2.24) is 9.97 Å². The molecule has 0 aliphatic rings. The number of furan rings is 1. The van der Waals surface area contributed by atoms with Gasteiger partial charge in [0.15, 0.2) is 0 Å². The predicted octanol–water partition coefficient (Wildman–Crippen LogP) is 13.0. The SMILES string of the molecule is CC(C)(C)c1ccnc(-c2[c-]cc3c4ccccc4c4ccccc4c3c2)c1.CC(C)(C)c1ccnc(-c2[c-]ccc3c2oc2ccccc23)c1.[Ir]. The first kappa shape index (κ1) is 35.3. The maximum absolute atomic E-state index is 6.09. The second-order valence-electron chi connectivity index (χ2n) is 15.3. The maximum Gasteiger partial charge on any atom is 0.120 e. The van der Waals surface area contributed by atoms with Crippen LogP contribution >= 0.6 is 0 Å². The summed E-state index contributed by atoms with van der Waals surface area (Å²) in [5.74, 6) is 0. The fourth-order valence-electron chi connectivity index (χ4n) is 6.95. The van der Waals surface area contributed by atoms with E-state index in [1.165, 1.54) is 43.4 Å². The molecule has 3 heterocycles. The number of hydrogen-bond acceptors (Lipinski definition) is 3. The van der Waals surface area contributed by atoms with Gasteiger partial charge in [0, 0.05) is 37.9 Å². The summed E-state index contributed by atoms with van der Waals surface area (Å²) in [7, 11) is 0. The molecule has 0 aliphatic carbocycles. The molecule has 0 amide bonds. The maximum atomic E-state index is 6.09. The molecule has 0 atom stereocenters. The van der Waals surface area contributed by atoms with Gasteiger partial charge in [0.2, 0.25) is 0 Å². The molecule has 9 aromatic rings. The Morgan fingerprint density at radius 2 is 1.02 bits per heavy atom. The molecule has 52 heavy (non-hydrogen) atoms. The van der Waals surface area contributed by atoms with Gasteiger partial charge in [-0.15, -0.1) is 42.0 Å². The van der Waals surface area contributed by atoms with Crippen LogP contribution in [0, 0.1) is 12.1 Å². The van der Waals surface area contributed by atoms with Crippen LogP contribution in [0.3, 0.4) is 0 Å². The fraction of sp³-hybridized carbons (Fsp3) is 0.167. The van der Waals surface area contributed by atoms with Crippen LogP contribution in [0.2, 0.25) is 0 Å². The van der Waals surface area contributed by atoms with Gasteiger partial charge < -0.3 is 14.4 Å². The molecule has 6 aromatic carbocycles. The number of rotatable bonds is 2. The van der Waals surface area contributed by atoms with E-state index in [0.717, 1.165) is 44.5 Å². The molecule has 0 saturated carbocycles. The van der Waals surface area contributed by atoms with E-state index in [9.17, 15) is 0 Å². The van der Waals surface area contributed by atoms with E-state index in [4.69, 9.17) is 4.42 Å². The van der Waals surface area contributed by atoms with Gasteiger partial charge >= 0.3 is 0 Å². The van der Waals surface area contributed by atoms with Crippen molar-refractivity contribution in [3.8, 4) is 22.5 Å². The number of aromatic nitrogens is 2. The van der Waals surface area contributed by atoms with Gasteiger partial charge in [-0.25, -0.2) is 0 Å². The molecule has 0 saturated heterocycles. The molecule has 0 N–H and O–H groups in total. The monoisotopic (exact) mass is 853 g/mol. The first-order valence-corrected chi connectivity index (χ1v) is 17.6. The second kappa shape index (κ2) is 13.8. The van der Waals surface area contributed by atoms with Gasteiger partial charge in [0.1, 0.15) is 5.58 Å². The van der Waals surface area contributed by atoms with Gasteiger partial charge in [-0.2, -0.15) is 0 Å². The van der Waals surface area contributed by atoms with E-state index in [-0.39, 0.29) is 30.9 Å². The predicted molar refractivity (Wildman–Crippen MR) is 214 cm³/mol. The van der Waals surface area contributed by atoms with Crippen LogP contribution in [0.4, 0.5) is 0 Å². The van der Waals surface area contributed by atoms with Gasteiger partial charge in [-0.1, -0.05) is 148 Å². The number of hydrogen-bond donors (Lipinski definition) is 0. The summed E-state index contributed by atoms with van der Waals surface area (Å²) in [6, 6.07) is 49.1. The summed E-state index contributed by atoms with van der Waals surface area (Å²) in [4.78, 5) is 9.19. The third-order valence-electron chi connectivity index (χ3n) is 9.80. The largest absolute Gasteiger partial charge is 0.501 e. The van der Waals surface area contributed by atoms with Crippen molar-refractivity contribution in [3.63, 3.8) is 0 Å². The minimum atomic E-state index is 0. The smallest absolute Gasteiger partial charge is 0.120 e. The van der Waals surface area contributed by atoms with E-state index >= 15 is 0 Å². The zero-order chi connectivity index (χ0) is 35.3. The molecule has 0 unspecified atom stereocenters. The van der Waals surface area contributed by atoms with Gasteiger partial charge in [0.05, 0.1) is 5.58 Å². The van der Waals surface area contributed by atoms with Crippen LogP contribution in [0.1, 0.15) is 52.7 Å². The van der Waals surface area contributed by atoms with Gasteiger partial charge in [0.25, 0.3) is 0 Å². The Balaban J connectivity index is 0.000000162. The number of fused-ring (bicyclic) bond motifs is 9. The zero-order valence-electron chi connectivity index (χ0n) is 30.3. The molecular formula is C48H40IrN2O-2. The van der Waals surface area contributed by atoms with Crippen molar-refractivity contribution in [2.45, 2.75) is 52.4 Å². The van der Waals surface area contributed by atoms with E-state index in [1.54, 1.807) is 0 Å². The van der Waals surface area contributed by atoms with Crippen molar-refractivity contribution in [2.24, 2.45) is 0 Å². The molecule has 0 fully saturated rings. The fourth-order valence-corrected chi connectivity index (χ4v) is 6.95. The van der Waals surface area contributed by atoms with Crippen LogP contribution < -0.4 is 0 Å². The van der Waals surface area contributed by atoms with Crippen molar-refractivity contribution in [2.75, 3.05) is 0 Å². The Morgan fingerprint density at radius 3 is 1.63 bits per heavy atom. The summed E-state index contributed by atoms with van der Waals surface area (Å²) in [5, 5.41) is 9.87. The third kappa shape index (κ3) is 6.54. The summed E-state index contributed by atoms with van der Waals surface area (Å²) in [6.45, 7) is 13.3. The number of para-hydroxylation sites is 1. The van der Waals surface area contributed by atoms with Crippen LogP contribution in [0.5, 0.6) is 0 Å². The van der Waals surface area contributed by atoms with Crippen LogP contribution in [0.15, 0.2) is 138 Å². The van der Waals surface area contributed by atoms with Crippen molar-refractivity contribution in [1.29, 1.82) is 0 Å². The number of nitrogens with zero attached hydrogens (tertiary/aromatic N) is 2. The van der Waals surface area contributed by atoms with Gasteiger partial charge in [-0.05, 0) is 67.7 Å². The standard InChI is InChI=1S/C27H22N.C21H18NO.Ir/c1-27(2,3)19-14-15-28-26(17-19)18-12-13-24-22-10-5-4-8-20(22)21-9-6-7-11-23(21)25(24)16-18;1-21(2,3)14-11-12-22-18(13-14)17-9-6-8-16-15-7-4-5-10-19(15)23-20(16)17;/h4-11,13-17H,1-3H3;4-8,10-13H,1-3H3;/q2*-1;. The second-order valence-corrected chi connectivity index (χ2v) is 15.3. The number of pyridine rings is 2. The van der Waals surface area contributed by atoms with Crippen LogP contribution in [-0.2, 0) is 30.9 Å². The molecule has 3 aromatic heterocycles. The normalized spacial score (nSPS) is 11.9. The van der Waals surface area contributed by atoms with Crippen LogP contribution in [-0.4, -0.2) is 9.97 Å². The number of benzene rings is 6. The average molecular weight is 853 g/mol. The molecule has 1 radical (unpaired) electrons. The van der Waals surface area contributed by atoms with E-state index in [0.29, 0.717) is 0 Å². The van der Waals surface area contributed by atoms with Crippen molar-refractivity contribution >= 4 is 54.3 Å². The molecule has 259 valence electrons. The summed E-state index contributed by atoms with van der Waals surface area (Å²) in [5.41, 5.74) is 8.31. The average Bonchev–Trinajstić information content (AvgIpc) is 3.53. The molecule has 3 nitrogen and oxygen atoms in total.